The Morgan fingerprint density at radius 2 is 1.35 bits per heavy atom. The first-order valence-electron chi connectivity index (χ1n) is 11.3. The van der Waals surface area contributed by atoms with Crippen molar-refractivity contribution in [2.75, 3.05) is 0 Å². The minimum Gasteiger partial charge on any atom is -0.349 e. The van der Waals surface area contributed by atoms with E-state index < -0.39 is 0 Å². The molecule has 140 valence electrons. The molecule has 8 rings (SSSR count). The molecule has 0 spiro atoms. The lowest BCUT2D eigenvalue weighted by molar-refractivity contribution is -0.302. The molecule has 15 atom stereocenters. The van der Waals surface area contributed by atoms with Gasteiger partial charge in [0.05, 0.1) is 12.2 Å². The van der Waals surface area contributed by atoms with E-state index in [-0.39, 0.29) is 17.1 Å². The highest BCUT2D eigenvalue weighted by Gasteiger charge is 2.87. The Balaban J connectivity index is 1.47. The maximum Gasteiger partial charge on any atom is 0.164 e. The fraction of sp³-hybridized carbons (Fsp3) is 0.957. The van der Waals surface area contributed by atoms with E-state index in [0.29, 0.717) is 35.7 Å². The van der Waals surface area contributed by atoms with Gasteiger partial charge in [0.2, 0.25) is 0 Å². The number of ether oxygens (including phenoxy) is 2. The van der Waals surface area contributed by atoms with Crippen LogP contribution in [0.3, 0.4) is 0 Å². The predicted molar refractivity (Wildman–Crippen MR) is 93.8 cm³/mol. The van der Waals surface area contributed by atoms with E-state index in [9.17, 15) is 4.79 Å². The number of Topliss-reactive ketones (excluding diaryl/α,β-unsaturated/α-hetero) is 1. The van der Waals surface area contributed by atoms with Crippen molar-refractivity contribution in [2.45, 2.75) is 65.0 Å². The van der Waals surface area contributed by atoms with Gasteiger partial charge in [-0.1, -0.05) is 13.8 Å². The summed E-state index contributed by atoms with van der Waals surface area (Å²) in [5.41, 5.74) is 0.128. The normalized spacial score (nSPS) is 75.4. The van der Waals surface area contributed by atoms with Crippen molar-refractivity contribution >= 4 is 5.78 Å². The van der Waals surface area contributed by atoms with Gasteiger partial charge in [-0.3, -0.25) is 4.79 Å². The molecular weight excluding hydrogens is 324 g/mol. The van der Waals surface area contributed by atoms with Crippen LogP contribution < -0.4 is 0 Å². The summed E-state index contributed by atoms with van der Waals surface area (Å²) in [5.74, 6) is 7.74. The molecule has 0 radical (unpaired) electrons. The van der Waals surface area contributed by atoms with Gasteiger partial charge in [0.25, 0.3) is 0 Å². The van der Waals surface area contributed by atoms with Gasteiger partial charge in [-0.25, -0.2) is 0 Å². The number of hydrogen-bond donors (Lipinski definition) is 0. The van der Waals surface area contributed by atoms with E-state index in [2.05, 4.69) is 13.8 Å². The average Bonchev–Trinajstić information content (AvgIpc) is 3.32. The molecule has 0 aromatic heterocycles. The molecule has 2 saturated heterocycles. The van der Waals surface area contributed by atoms with Crippen molar-refractivity contribution in [2.24, 2.45) is 70.0 Å². The first kappa shape index (κ1) is 14.6. The molecule has 2 heterocycles. The first-order valence-corrected chi connectivity index (χ1v) is 11.3. The Hall–Kier alpha value is -0.410. The number of ketones is 1. The second-order valence-corrected chi connectivity index (χ2v) is 11.8. The molecule has 6 aliphatic carbocycles. The Morgan fingerprint density at radius 3 is 2.00 bits per heavy atom. The van der Waals surface area contributed by atoms with Crippen LogP contribution in [0.2, 0.25) is 0 Å². The fourth-order valence-corrected chi connectivity index (χ4v) is 11.9. The topological polar surface area (TPSA) is 35.5 Å². The van der Waals surface area contributed by atoms with Crippen LogP contribution in [0.25, 0.3) is 0 Å². The Kier molecular flexibility index (Phi) is 2.16. The van der Waals surface area contributed by atoms with Crippen molar-refractivity contribution in [1.82, 2.24) is 0 Å². The molecule has 0 aromatic carbocycles. The summed E-state index contributed by atoms with van der Waals surface area (Å²) in [6.07, 6.45) is 5.85. The SMILES string of the molecule is CC(=O)[C@@]1(C)C2C3CCC4OC5OC6CCC7C6C1C1C2C(C43)[C@]5(C)C71. The highest BCUT2D eigenvalue weighted by molar-refractivity contribution is 5.84. The van der Waals surface area contributed by atoms with Crippen molar-refractivity contribution in [3.05, 3.63) is 0 Å². The molecule has 13 unspecified atom stereocenters. The smallest absolute Gasteiger partial charge is 0.164 e. The third-order valence-electron chi connectivity index (χ3n) is 12.0. The van der Waals surface area contributed by atoms with Crippen LogP contribution in [0.5, 0.6) is 0 Å². The van der Waals surface area contributed by atoms with Gasteiger partial charge in [0, 0.05) is 10.8 Å². The summed E-state index contributed by atoms with van der Waals surface area (Å²) in [6, 6.07) is 0. The molecule has 4 bridgehead atoms. The van der Waals surface area contributed by atoms with E-state index in [1.807, 2.05) is 6.92 Å². The number of carbonyl (C=O) groups excluding carboxylic acids is 1. The highest BCUT2D eigenvalue weighted by atomic mass is 16.7. The van der Waals surface area contributed by atoms with E-state index in [1.54, 1.807) is 0 Å². The number of rotatable bonds is 1. The van der Waals surface area contributed by atoms with Crippen LogP contribution >= 0.6 is 0 Å². The zero-order chi connectivity index (χ0) is 17.3. The van der Waals surface area contributed by atoms with E-state index in [4.69, 9.17) is 9.47 Å². The van der Waals surface area contributed by atoms with Crippen LogP contribution in [0.1, 0.15) is 46.5 Å². The van der Waals surface area contributed by atoms with Gasteiger partial charge < -0.3 is 9.47 Å². The van der Waals surface area contributed by atoms with Gasteiger partial charge in [-0.15, -0.1) is 0 Å². The van der Waals surface area contributed by atoms with E-state index in [1.165, 1.54) is 25.7 Å². The lowest BCUT2D eigenvalue weighted by Crippen LogP contribution is -2.55. The molecule has 3 nitrogen and oxygen atoms in total. The minimum atomic E-state index is -0.0932. The Labute approximate surface area is 155 Å². The zero-order valence-corrected chi connectivity index (χ0v) is 16.1. The second kappa shape index (κ2) is 3.85. The number of fused-ring (bicyclic) bond motifs is 1. The monoisotopic (exact) mass is 354 g/mol. The van der Waals surface area contributed by atoms with E-state index in [0.717, 1.165) is 41.4 Å². The third-order valence-corrected chi connectivity index (χ3v) is 12.0. The molecule has 0 amide bonds. The number of hydrogen-bond acceptors (Lipinski definition) is 3. The third kappa shape index (κ3) is 1.08. The summed E-state index contributed by atoms with van der Waals surface area (Å²) in [4.78, 5) is 13.3. The van der Waals surface area contributed by atoms with Gasteiger partial charge in [-0.2, -0.15) is 0 Å². The average molecular weight is 354 g/mol. The molecule has 26 heavy (non-hydrogen) atoms. The molecule has 2 aliphatic heterocycles. The van der Waals surface area contributed by atoms with Crippen LogP contribution in [0, 0.1) is 70.0 Å². The first-order chi connectivity index (χ1) is 12.5. The summed E-state index contributed by atoms with van der Waals surface area (Å²) in [7, 11) is 0. The largest absolute Gasteiger partial charge is 0.349 e. The quantitative estimate of drug-likeness (QED) is 0.723. The van der Waals surface area contributed by atoms with Gasteiger partial charge >= 0.3 is 0 Å². The minimum absolute atomic E-state index is 0.0455. The van der Waals surface area contributed by atoms with Crippen molar-refractivity contribution in [1.29, 1.82) is 0 Å². The zero-order valence-electron chi connectivity index (χ0n) is 16.1. The molecular formula is C23H30O3. The highest BCUT2D eigenvalue weighted by Crippen LogP contribution is 2.87. The second-order valence-electron chi connectivity index (χ2n) is 11.8. The molecule has 0 N–H and O–H groups in total. The van der Waals surface area contributed by atoms with Crippen LogP contribution in [0.15, 0.2) is 0 Å². The molecule has 0 aromatic rings. The predicted octanol–water partition coefficient (Wildman–Crippen LogP) is 3.52. The summed E-state index contributed by atoms with van der Waals surface area (Å²) < 4.78 is 13.6. The molecule has 8 fully saturated rings. The summed E-state index contributed by atoms with van der Waals surface area (Å²) >= 11 is 0. The molecule has 8 aliphatic rings. The van der Waals surface area contributed by atoms with Gasteiger partial charge in [0.15, 0.2) is 6.29 Å². The van der Waals surface area contributed by atoms with Crippen molar-refractivity contribution in [3.8, 4) is 0 Å². The maximum atomic E-state index is 13.3. The van der Waals surface area contributed by atoms with Gasteiger partial charge in [-0.05, 0) is 91.8 Å². The van der Waals surface area contributed by atoms with Crippen LogP contribution in [0.4, 0.5) is 0 Å². The van der Waals surface area contributed by atoms with Crippen LogP contribution in [-0.2, 0) is 14.3 Å². The standard InChI is InChI=1S/C23H30O3/c1-8(24)22(2)17-9-4-6-12-14(9)20-15(17)16-18-10-5-7-11(13(10)19(16)22)25-21(26-12)23(18,20)3/h9-21H,4-7H2,1-3H3/t9?,10?,11?,12?,13?,14?,15?,16?,17?,18?,19?,20?,21?,22-,23-/m0/s1. The van der Waals surface area contributed by atoms with Crippen LogP contribution in [-0.4, -0.2) is 24.3 Å². The fourth-order valence-electron chi connectivity index (χ4n) is 11.9. The summed E-state index contributed by atoms with van der Waals surface area (Å²) in [5, 5.41) is 0. The molecule has 3 heteroatoms. The Morgan fingerprint density at radius 1 is 0.769 bits per heavy atom. The maximum absolute atomic E-state index is 13.3. The molecule has 6 saturated carbocycles. The van der Waals surface area contributed by atoms with Crippen molar-refractivity contribution < 1.29 is 14.3 Å². The van der Waals surface area contributed by atoms with Crippen molar-refractivity contribution in [3.63, 3.8) is 0 Å². The van der Waals surface area contributed by atoms with E-state index >= 15 is 0 Å². The Bertz CT molecular complexity index is 763. The summed E-state index contributed by atoms with van der Waals surface area (Å²) in [6.45, 7) is 6.89. The van der Waals surface area contributed by atoms with Gasteiger partial charge in [0.1, 0.15) is 5.78 Å². The number of carbonyl (C=O) groups is 1. The lowest BCUT2D eigenvalue weighted by Gasteiger charge is -2.52. The lowest BCUT2D eigenvalue weighted by atomic mass is 9.62.